The van der Waals surface area contributed by atoms with Crippen LogP contribution in [0.25, 0.3) is 0 Å². The van der Waals surface area contributed by atoms with Crippen molar-refractivity contribution in [3.05, 3.63) is 70.7 Å². The van der Waals surface area contributed by atoms with E-state index >= 15 is 0 Å². The summed E-state index contributed by atoms with van der Waals surface area (Å²) in [6, 6.07) is 18.3. The minimum Gasteiger partial charge on any atom is -0.459 e. The number of nitriles is 1. The zero-order valence-corrected chi connectivity index (χ0v) is 21.2. The number of halogens is 1. The summed E-state index contributed by atoms with van der Waals surface area (Å²) >= 11 is 3.27. The molecule has 34 heavy (non-hydrogen) atoms. The van der Waals surface area contributed by atoms with Gasteiger partial charge in [0, 0.05) is 5.56 Å². The van der Waals surface area contributed by atoms with Crippen LogP contribution in [0, 0.1) is 28.6 Å². The van der Waals surface area contributed by atoms with Crippen LogP contribution in [0.3, 0.4) is 0 Å². The molecule has 1 fully saturated rings. The van der Waals surface area contributed by atoms with E-state index in [1.165, 1.54) is 0 Å². The predicted octanol–water partition coefficient (Wildman–Crippen LogP) is 6.48. The number of allylic oxidation sites excluding steroid dienone is 1. The first-order valence-corrected chi connectivity index (χ1v) is 12.0. The molecule has 0 aromatic heterocycles. The van der Waals surface area contributed by atoms with E-state index in [0.717, 1.165) is 0 Å². The second kappa shape index (κ2) is 10.9. The van der Waals surface area contributed by atoms with E-state index in [4.69, 9.17) is 14.2 Å². The van der Waals surface area contributed by atoms with E-state index in [9.17, 15) is 14.9 Å². The highest BCUT2D eigenvalue weighted by atomic mass is 79.9. The van der Waals surface area contributed by atoms with Crippen molar-refractivity contribution in [3.8, 4) is 17.6 Å². The number of rotatable bonds is 9. The van der Waals surface area contributed by atoms with Gasteiger partial charge in [-0.2, -0.15) is 5.26 Å². The van der Waals surface area contributed by atoms with Crippen molar-refractivity contribution in [2.24, 2.45) is 17.3 Å². The molecule has 0 heterocycles. The van der Waals surface area contributed by atoms with Crippen LogP contribution in [-0.2, 0) is 19.1 Å². The predicted molar refractivity (Wildman–Crippen MR) is 131 cm³/mol. The number of carbonyl (C=O) groups is 2. The van der Waals surface area contributed by atoms with Crippen LogP contribution < -0.4 is 4.74 Å². The molecule has 2 aromatic carbocycles. The highest BCUT2D eigenvalue weighted by Crippen LogP contribution is 2.60. The third kappa shape index (κ3) is 6.06. The van der Waals surface area contributed by atoms with Gasteiger partial charge in [0.15, 0.2) is 0 Å². The molecule has 0 amide bonds. The third-order valence-electron chi connectivity index (χ3n) is 6.06. The Labute approximate surface area is 208 Å². The van der Waals surface area contributed by atoms with Gasteiger partial charge in [-0.25, -0.2) is 4.79 Å². The molecule has 3 rings (SSSR count). The number of hydrogen-bond donors (Lipinski definition) is 0. The topological polar surface area (TPSA) is 85.6 Å². The normalized spacial score (nSPS) is 20.4. The van der Waals surface area contributed by atoms with Crippen molar-refractivity contribution >= 4 is 27.9 Å². The van der Waals surface area contributed by atoms with Gasteiger partial charge in [-0.3, -0.25) is 4.79 Å². The number of carbonyl (C=O) groups excluding carboxylic acids is 2. The van der Waals surface area contributed by atoms with Gasteiger partial charge in [-0.15, -0.1) is 0 Å². The van der Waals surface area contributed by atoms with Gasteiger partial charge in [0.2, 0.25) is 6.10 Å². The molecule has 178 valence electrons. The van der Waals surface area contributed by atoms with Crippen LogP contribution in [0.2, 0.25) is 0 Å². The minimum atomic E-state index is -1.08. The third-order valence-corrected chi connectivity index (χ3v) is 6.65. The Bertz CT molecular complexity index is 1110. The molecule has 1 aliphatic rings. The van der Waals surface area contributed by atoms with Crippen molar-refractivity contribution in [1.29, 1.82) is 5.26 Å². The first-order valence-electron chi connectivity index (χ1n) is 11.2. The molecule has 0 N–H and O–H groups in total. The van der Waals surface area contributed by atoms with Crippen LogP contribution in [-0.4, -0.2) is 18.0 Å². The van der Waals surface area contributed by atoms with Gasteiger partial charge in [0.25, 0.3) is 0 Å². The summed E-state index contributed by atoms with van der Waals surface area (Å²) in [5.41, 5.74) is 0.110. The molecule has 4 atom stereocenters. The Balaban J connectivity index is 1.68. The molecule has 1 saturated carbocycles. The standard InChI is InChI=1S/C27H28BrNO5/c1-5-17(2)32-25(30)22(28)15-21-24(27(21,3)4)26(31)34-23(16-29)18-10-9-13-20(14-18)33-19-11-7-6-8-12-19/h6-15,17,21,23-24H,5H2,1-4H3/b22-15+/t17?,21-,23+,24-/m0/s1. The summed E-state index contributed by atoms with van der Waals surface area (Å²) < 4.78 is 17.0. The average molecular weight is 526 g/mol. The Hall–Kier alpha value is -3.11. The Morgan fingerprint density at radius 2 is 1.79 bits per heavy atom. The lowest BCUT2D eigenvalue weighted by atomic mass is 10.1. The Morgan fingerprint density at radius 1 is 1.12 bits per heavy atom. The molecule has 1 unspecified atom stereocenters. The Kier molecular flexibility index (Phi) is 8.16. The molecular weight excluding hydrogens is 498 g/mol. The number of ether oxygens (including phenoxy) is 3. The van der Waals surface area contributed by atoms with E-state index in [2.05, 4.69) is 22.0 Å². The van der Waals surface area contributed by atoms with Crippen molar-refractivity contribution in [1.82, 2.24) is 0 Å². The maximum absolute atomic E-state index is 13.0. The van der Waals surface area contributed by atoms with E-state index in [1.54, 1.807) is 30.3 Å². The maximum Gasteiger partial charge on any atom is 0.345 e. The lowest BCUT2D eigenvalue weighted by Crippen LogP contribution is -2.15. The fourth-order valence-corrected chi connectivity index (χ4v) is 4.09. The first-order chi connectivity index (χ1) is 16.2. The van der Waals surface area contributed by atoms with Crippen LogP contribution in [0.15, 0.2) is 65.2 Å². The van der Waals surface area contributed by atoms with Crippen molar-refractivity contribution < 1.29 is 23.8 Å². The molecule has 7 heteroatoms. The van der Waals surface area contributed by atoms with Crippen LogP contribution in [0.1, 0.15) is 45.8 Å². The first kappa shape index (κ1) is 25.5. The summed E-state index contributed by atoms with van der Waals surface area (Å²) in [7, 11) is 0. The van der Waals surface area contributed by atoms with Gasteiger partial charge in [0.05, 0.1) is 16.5 Å². The molecular formula is C27H28BrNO5. The fourth-order valence-electron chi connectivity index (χ4n) is 3.71. The van der Waals surface area contributed by atoms with Gasteiger partial charge in [-0.05, 0) is 64.9 Å². The minimum absolute atomic E-state index is 0.195. The van der Waals surface area contributed by atoms with Gasteiger partial charge >= 0.3 is 11.9 Å². The summed E-state index contributed by atoms with van der Waals surface area (Å²) in [6.45, 7) is 7.61. The molecule has 0 bridgehead atoms. The zero-order chi connectivity index (χ0) is 24.9. The summed E-state index contributed by atoms with van der Waals surface area (Å²) in [4.78, 5) is 25.2. The van der Waals surface area contributed by atoms with Crippen LogP contribution in [0.5, 0.6) is 11.5 Å². The van der Waals surface area contributed by atoms with Gasteiger partial charge < -0.3 is 14.2 Å². The molecule has 2 aromatic rings. The monoisotopic (exact) mass is 525 g/mol. The summed E-state index contributed by atoms with van der Waals surface area (Å²) in [6.07, 6.45) is 1.14. The second-order valence-corrected chi connectivity index (χ2v) is 9.75. The number of hydrogen-bond acceptors (Lipinski definition) is 6. The lowest BCUT2D eigenvalue weighted by molar-refractivity contribution is -0.149. The number of esters is 2. The molecule has 0 aliphatic heterocycles. The molecule has 0 spiro atoms. The molecule has 1 aliphatic carbocycles. The highest BCUT2D eigenvalue weighted by molar-refractivity contribution is 9.12. The average Bonchev–Trinajstić information content (AvgIpc) is 3.37. The molecule has 0 saturated heterocycles. The Morgan fingerprint density at radius 3 is 2.44 bits per heavy atom. The maximum atomic E-state index is 13.0. The SMILES string of the molecule is CCC(C)OC(=O)/C(Br)=C\[C@H]1[C@@H](C(=O)O[C@H](C#N)c2cccc(Oc3ccccc3)c2)C1(C)C. The molecule has 6 nitrogen and oxygen atoms in total. The quantitative estimate of drug-likeness (QED) is 0.275. The molecule has 0 radical (unpaired) electrons. The van der Waals surface area contributed by atoms with Crippen molar-refractivity contribution in [2.75, 3.05) is 0 Å². The zero-order valence-electron chi connectivity index (χ0n) is 19.7. The van der Waals surface area contributed by atoms with Gasteiger partial charge in [0.1, 0.15) is 17.6 Å². The van der Waals surface area contributed by atoms with E-state index < -0.39 is 29.4 Å². The van der Waals surface area contributed by atoms with E-state index in [0.29, 0.717) is 23.5 Å². The summed E-state index contributed by atoms with van der Waals surface area (Å²) in [5.74, 6) is -0.438. The highest BCUT2D eigenvalue weighted by Gasteiger charge is 2.62. The smallest absolute Gasteiger partial charge is 0.345 e. The van der Waals surface area contributed by atoms with Crippen LogP contribution >= 0.6 is 15.9 Å². The van der Waals surface area contributed by atoms with Crippen molar-refractivity contribution in [2.45, 2.75) is 46.3 Å². The van der Waals surface area contributed by atoms with Crippen molar-refractivity contribution in [3.63, 3.8) is 0 Å². The second-order valence-electron chi connectivity index (χ2n) is 8.90. The van der Waals surface area contributed by atoms with Gasteiger partial charge in [-0.1, -0.05) is 57.2 Å². The van der Waals surface area contributed by atoms with Crippen LogP contribution in [0.4, 0.5) is 0 Å². The lowest BCUT2D eigenvalue weighted by Gasteiger charge is -2.13. The van der Waals surface area contributed by atoms with E-state index in [1.807, 2.05) is 58.0 Å². The fraction of sp³-hybridized carbons (Fsp3) is 0.370. The summed E-state index contributed by atoms with van der Waals surface area (Å²) in [5, 5.41) is 9.68. The largest absolute Gasteiger partial charge is 0.459 e. The number of para-hydroxylation sites is 1. The number of benzene rings is 2. The number of nitrogens with zero attached hydrogens (tertiary/aromatic N) is 1. The van der Waals surface area contributed by atoms with E-state index in [-0.39, 0.29) is 16.5 Å².